The number of aryl methyl sites for hydroxylation is 2. The van der Waals surface area contributed by atoms with Crippen molar-refractivity contribution < 1.29 is 27.5 Å². The zero-order chi connectivity index (χ0) is 30.1. The van der Waals surface area contributed by atoms with Crippen molar-refractivity contribution in [3.8, 4) is 5.75 Å². The summed E-state index contributed by atoms with van der Waals surface area (Å²) in [6.45, 7) is 4.22. The molecule has 0 aliphatic carbocycles. The molecule has 0 bridgehead atoms. The van der Waals surface area contributed by atoms with Crippen molar-refractivity contribution in [2.45, 2.75) is 37.7 Å². The van der Waals surface area contributed by atoms with E-state index < -0.39 is 22.5 Å². The molecule has 10 nitrogen and oxygen atoms in total. The van der Waals surface area contributed by atoms with Gasteiger partial charge in [0.05, 0.1) is 22.9 Å². The highest BCUT2D eigenvalue weighted by atomic mass is 35.5. The topological polar surface area (TPSA) is 126 Å². The smallest absolute Gasteiger partial charge is 0.264 e. The van der Waals surface area contributed by atoms with Gasteiger partial charge in [-0.1, -0.05) is 35.4 Å². The van der Waals surface area contributed by atoms with Crippen molar-refractivity contribution in [1.82, 2.24) is 10.7 Å². The maximum Gasteiger partial charge on any atom is 0.264 e. The molecule has 1 fully saturated rings. The summed E-state index contributed by atoms with van der Waals surface area (Å²) >= 11 is 6.27. The minimum Gasteiger partial charge on any atom is -0.484 e. The second-order valence-electron chi connectivity index (χ2n) is 9.85. The van der Waals surface area contributed by atoms with Crippen molar-refractivity contribution in [2.75, 3.05) is 30.6 Å². The summed E-state index contributed by atoms with van der Waals surface area (Å²) in [4.78, 5) is 24.9. The van der Waals surface area contributed by atoms with Gasteiger partial charge >= 0.3 is 0 Å². The Labute approximate surface area is 250 Å². The Morgan fingerprint density at radius 3 is 2.48 bits per heavy atom. The Hall–Kier alpha value is -3.93. The molecule has 3 aromatic carbocycles. The van der Waals surface area contributed by atoms with Crippen LogP contribution in [0.25, 0.3) is 0 Å². The molecule has 4 rings (SSSR count). The SMILES string of the molecule is Cc1ccc(S(=O)(=O)N(CC(=O)N/N=C\c2ccc(OCC(=O)NC[C@H]3CCCO3)cc2)c2ccc(C)c(Cl)c2)cc1. The molecule has 1 aliphatic rings. The molecular formula is C30H33ClN4O6S. The van der Waals surface area contributed by atoms with Crippen LogP contribution in [0.15, 0.2) is 76.7 Å². The maximum absolute atomic E-state index is 13.5. The zero-order valence-corrected chi connectivity index (χ0v) is 25.0. The van der Waals surface area contributed by atoms with Gasteiger partial charge in [0.2, 0.25) is 0 Å². The highest BCUT2D eigenvalue weighted by Gasteiger charge is 2.27. The third-order valence-corrected chi connectivity index (χ3v) is 8.74. The molecule has 0 aromatic heterocycles. The summed E-state index contributed by atoms with van der Waals surface area (Å²) in [6.07, 6.45) is 3.43. The molecule has 42 heavy (non-hydrogen) atoms. The van der Waals surface area contributed by atoms with Gasteiger partial charge in [-0.2, -0.15) is 5.10 Å². The Balaban J connectivity index is 1.34. The quantitative estimate of drug-likeness (QED) is 0.235. The van der Waals surface area contributed by atoms with Crippen molar-refractivity contribution in [3.63, 3.8) is 0 Å². The van der Waals surface area contributed by atoms with Gasteiger partial charge in [-0.15, -0.1) is 0 Å². The molecule has 12 heteroatoms. The number of anilines is 1. The second-order valence-corrected chi connectivity index (χ2v) is 12.1. The third-order valence-electron chi connectivity index (χ3n) is 6.54. The molecule has 1 atom stereocenters. The van der Waals surface area contributed by atoms with Gasteiger partial charge in [0.25, 0.3) is 21.8 Å². The van der Waals surface area contributed by atoms with Gasteiger partial charge in [-0.25, -0.2) is 13.8 Å². The first-order valence-corrected chi connectivity index (χ1v) is 15.2. The Morgan fingerprint density at radius 1 is 1.07 bits per heavy atom. The Morgan fingerprint density at radius 2 is 1.81 bits per heavy atom. The van der Waals surface area contributed by atoms with Crippen LogP contribution in [0.2, 0.25) is 5.02 Å². The van der Waals surface area contributed by atoms with E-state index in [4.69, 9.17) is 21.1 Å². The predicted octanol–water partition coefficient (Wildman–Crippen LogP) is 3.98. The normalized spacial score (nSPS) is 15.0. The molecule has 0 saturated carbocycles. The summed E-state index contributed by atoms with van der Waals surface area (Å²) in [5, 5.41) is 7.14. The van der Waals surface area contributed by atoms with Gasteiger partial charge < -0.3 is 14.8 Å². The van der Waals surface area contributed by atoms with Crippen LogP contribution in [0.5, 0.6) is 5.75 Å². The van der Waals surface area contributed by atoms with E-state index in [2.05, 4.69) is 15.8 Å². The lowest BCUT2D eigenvalue weighted by Gasteiger charge is -2.24. The first-order valence-electron chi connectivity index (χ1n) is 13.4. The molecule has 1 aliphatic heterocycles. The fourth-order valence-electron chi connectivity index (χ4n) is 4.12. The predicted molar refractivity (Wildman–Crippen MR) is 162 cm³/mol. The number of nitrogens with one attached hydrogen (secondary N) is 2. The average Bonchev–Trinajstić information content (AvgIpc) is 3.50. The fourth-order valence-corrected chi connectivity index (χ4v) is 5.70. The number of nitrogens with zero attached hydrogens (tertiary/aromatic N) is 2. The number of sulfonamides is 1. The zero-order valence-electron chi connectivity index (χ0n) is 23.4. The minimum atomic E-state index is -4.08. The largest absolute Gasteiger partial charge is 0.484 e. The lowest BCUT2D eigenvalue weighted by atomic mass is 10.2. The van der Waals surface area contributed by atoms with Crippen LogP contribution in [0.3, 0.4) is 0 Å². The number of rotatable bonds is 12. The first kappa shape index (κ1) is 31.0. The van der Waals surface area contributed by atoms with Crippen LogP contribution >= 0.6 is 11.6 Å². The van der Waals surface area contributed by atoms with Crippen LogP contribution in [0.4, 0.5) is 5.69 Å². The first-order chi connectivity index (χ1) is 20.1. The van der Waals surface area contributed by atoms with Gasteiger partial charge in [-0.3, -0.25) is 13.9 Å². The fraction of sp³-hybridized carbons (Fsp3) is 0.300. The summed E-state index contributed by atoms with van der Waals surface area (Å²) in [6, 6.07) is 17.9. The standard InChI is InChI=1S/C30H33ClN4O6S/c1-21-5-13-27(14-6-21)42(38,39)35(24-10-7-22(2)28(31)16-24)19-29(36)34-33-17-23-8-11-25(12-9-23)41-20-30(37)32-18-26-4-3-15-40-26/h5-14,16-17,26H,3-4,15,18-20H2,1-2H3,(H,32,37)(H,34,36)/b33-17-/t26-/m1/s1. The van der Waals surface area contributed by atoms with Crippen LogP contribution in [0, 0.1) is 13.8 Å². The van der Waals surface area contributed by atoms with Crippen molar-refractivity contribution >= 4 is 45.3 Å². The average molecular weight is 613 g/mol. The van der Waals surface area contributed by atoms with Gasteiger partial charge in [0, 0.05) is 18.2 Å². The number of benzene rings is 3. The number of hydrogen-bond acceptors (Lipinski definition) is 7. The molecule has 3 aromatic rings. The Kier molecular flexibility index (Phi) is 10.6. The lowest BCUT2D eigenvalue weighted by Crippen LogP contribution is -2.39. The van der Waals surface area contributed by atoms with Crippen LogP contribution in [-0.2, 0) is 24.3 Å². The minimum absolute atomic E-state index is 0.0451. The van der Waals surface area contributed by atoms with Crippen molar-refractivity contribution in [1.29, 1.82) is 0 Å². The van der Waals surface area contributed by atoms with E-state index in [1.54, 1.807) is 55.5 Å². The van der Waals surface area contributed by atoms with E-state index in [9.17, 15) is 18.0 Å². The molecule has 2 N–H and O–H groups in total. The van der Waals surface area contributed by atoms with E-state index in [-0.39, 0.29) is 29.2 Å². The second kappa shape index (κ2) is 14.3. The molecule has 0 unspecified atom stereocenters. The van der Waals surface area contributed by atoms with E-state index >= 15 is 0 Å². The van der Waals surface area contributed by atoms with Crippen LogP contribution < -0.4 is 19.8 Å². The summed E-state index contributed by atoms with van der Waals surface area (Å²) < 4.78 is 39.0. The van der Waals surface area contributed by atoms with E-state index in [0.717, 1.165) is 34.9 Å². The molecule has 1 heterocycles. The summed E-state index contributed by atoms with van der Waals surface area (Å²) in [5.41, 5.74) is 4.96. The third kappa shape index (κ3) is 8.54. The molecule has 222 valence electrons. The molecule has 2 amide bonds. The molecule has 0 radical (unpaired) electrons. The number of hydrogen-bond donors (Lipinski definition) is 2. The highest BCUT2D eigenvalue weighted by molar-refractivity contribution is 7.92. The number of carbonyl (C=O) groups is 2. The maximum atomic E-state index is 13.5. The van der Waals surface area contributed by atoms with Crippen molar-refractivity contribution in [2.24, 2.45) is 5.10 Å². The number of ether oxygens (including phenoxy) is 2. The summed E-state index contributed by atoms with van der Waals surface area (Å²) in [5.74, 6) is -0.380. The number of amides is 2. The van der Waals surface area contributed by atoms with Gasteiger partial charge in [-0.05, 0) is 86.3 Å². The monoisotopic (exact) mass is 612 g/mol. The van der Waals surface area contributed by atoms with Crippen LogP contribution in [-0.4, -0.2) is 58.9 Å². The number of hydrazone groups is 1. The van der Waals surface area contributed by atoms with Gasteiger partial charge in [0.1, 0.15) is 12.3 Å². The van der Waals surface area contributed by atoms with Crippen molar-refractivity contribution in [3.05, 3.63) is 88.4 Å². The molecule has 1 saturated heterocycles. The van der Waals surface area contributed by atoms with E-state index in [1.165, 1.54) is 24.4 Å². The van der Waals surface area contributed by atoms with Gasteiger partial charge in [0.15, 0.2) is 6.61 Å². The lowest BCUT2D eigenvalue weighted by molar-refractivity contribution is -0.123. The number of halogens is 1. The number of carbonyl (C=O) groups excluding carboxylic acids is 2. The highest BCUT2D eigenvalue weighted by Crippen LogP contribution is 2.28. The van der Waals surface area contributed by atoms with E-state index in [1.807, 2.05) is 6.92 Å². The van der Waals surface area contributed by atoms with Crippen LogP contribution in [0.1, 0.15) is 29.5 Å². The molecule has 0 spiro atoms. The summed E-state index contributed by atoms with van der Waals surface area (Å²) in [7, 11) is -4.08. The molecular weight excluding hydrogens is 580 g/mol. The Bertz CT molecular complexity index is 1520. The van der Waals surface area contributed by atoms with E-state index in [0.29, 0.717) is 22.9 Å².